The molecule has 1 atom stereocenters. The summed E-state index contributed by atoms with van der Waals surface area (Å²) < 4.78 is 9.88. The van der Waals surface area contributed by atoms with Gasteiger partial charge in [0.2, 0.25) is 5.91 Å². The molecule has 7 heteroatoms. The first-order valence-corrected chi connectivity index (χ1v) is 9.79. The Kier molecular flexibility index (Phi) is 6.34. The Hall–Kier alpha value is -2.41. The van der Waals surface area contributed by atoms with Crippen LogP contribution in [0.4, 0.5) is 0 Å². The number of fused-ring (bicyclic) bond motifs is 1. The lowest BCUT2D eigenvalue weighted by Gasteiger charge is -2.50. The van der Waals surface area contributed by atoms with E-state index in [0.717, 1.165) is 31.2 Å². The maximum atomic E-state index is 13.3. The Labute approximate surface area is 165 Å². The molecular formula is C21H28N2O5. The molecule has 3 rings (SSSR count). The van der Waals surface area contributed by atoms with Gasteiger partial charge in [-0.15, -0.1) is 0 Å². The van der Waals surface area contributed by atoms with E-state index >= 15 is 0 Å². The molecule has 1 aliphatic carbocycles. The summed E-state index contributed by atoms with van der Waals surface area (Å²) >= 11 is 0. The summed E-state index contributed by atoms with van der Waals surface area (Å²) in [7, 11) is 2.94. The lowest BCUT2D eigenvalue weighted by atomic mass is 9.71. The number of hydrogen-bond acceptors (Lipinski definition) is 5. The maximum Gasteiger partial charge on any atom is 0.307 e. The summed E-state index contributed by atoms with van der Waals surface area (Å²) in [4.78, 5) is 39.8. The highest BCUT2D eigenvalue weighted by atomic mass is 16.5. The number of nitrogens with one attached hydrogen (secondary N) is 1. The minimum absolute atomic E-state index is 0.0341. The van der Waals surface area contributed by atoms with E-state index in [1.165, 1.54) is 7.11 Å². The van der Waals surface area contributed by atoms with Crippen molar-refractivity contribution in [3.05, 3.63) is 35.4 Å². The van der Waals surface area contributed by atoms with Crippen LogP contribution in [0.5, 0.6) is 0 Å². The zero-order valence-corrected chi connectivity index (χ0v) is 16.5. The third kappa shape index (κ3) is 3.63. The van der Waals surface area contributed by atoms with Crippen LogP contribution in [0.1, 0.15) is 53.9 Å². The van der Waals surface area contributed by atoms with Crippen molar-refractivity contribution in [3.63, 3.8) is 0 Å². The monoisotopic (exact) mass is 388 g/mol. The summed E-state index contributed by atoms with van der Waals surface area (Å²) in [6.07, 6.45) is 3.64. The molecule has 152 valence electrons. The summed E-state index contributed by atoms with van der Waals surface area (Å²) in [6.45, 7) is 1.09. The summed E-state index contributed by atoms with van der Waals surface area (Å²) in [5, 5.41) is 2.89. The lowest BCUT2D eigenvalue weighted by molar-refractivity contribution is -0.140. The van der Waals surface area contributed by atoms with Gasteiger partial charge < -0.3 is 19.7 Å². The van der Waals surface area contributed by atoms with E-state index in [-0.39, 0.29) is 30.7 Å². The molecule has 0 bridgehead atoms. The fraction of sp³-hybridized carbons (Fsp3) is 0.571. The van der Waals surface area contributed by atoms with Crippen molar-refractivity contribution < 1.29 is 23.9 Å². The number of nitrogens with zero attached hydrogens (tertiary/aromatic N) is 1. The summed E-state index contributed by atoms with van der Waals surface area (Å²) in [5.74, 6) is -1.00. The van der Waals surface area contributed by atoms with Crippen LogP contribution in [0.2, 0.25) is 0 Å². The van der Waals surface area contributed by atoms with E-state index in [1.807, 2.05) is 23.1 Å². The van der Waals surface area contributed by atoms with E-state index in [0.29, 0.717) is 18.7 Å². The number of methoxy groups -OCH3 is 2. The number of carbonyl (C=O) groups is 3. The predicted molar refractivity (Wildman–Crippen MR) is 103 cm³/mol. The van der Waals surface area contributed by atoms with Gasteiger partial charge in [-0.25, -0.2) is 0 Å². The molecule has 0 saturated heterocycles. The van der Waals surface area contributed by atoms with E-state index < -0.39 is 11.5 Å². The second kappa shape index (κ2) is 8.73. The Morgan fingerprint density at radius 1 is 1.21 bits per heavy atom. The molecule has 0 aromatic heterocycles. The van der Waals surface area contributed by atoms with Crippen LogP contribution in [0.15, 0.2) is 24.3 Å². The third-order valence-electron chi connectivity index (χ3n) is 5.93. The molecule has 1 N–H and O–H groups in total. The molecule has 1 fully saturated rings. The van der Waals surface area contributed by atoms with Crippen molar-refractivity contribution in [2.24, 2.45) is 0 Å². The number of benzene rings is 1. The van der Waals surface area contributed by atoms with Crippen molar-refractivity contribution in [1.82, 2.24) is 10.2 Å². The van der Waals surface area contributed by atoms with Gasteiger partial charge in [-0.2, -0.15) is 0 Å². The van der Waals surface area contributed by atoms with Gasteiger partial charge in [-0.1, -0.05) is 31.0 Å². The Balaban J connectivity index is 1.96. The standard InChI is InChI=1S/C21H28N2O5/c1-27-14-13-23-20(26)16-8-4-3-7-15(16)18(21(23)10-5-6-11-21)19(25)22-12-9-17(24)28-2/h3-4,7-8,18H,5-6,9-14H2,1-2H3,(H,22,25)/t18-/m0/s1. The van der Waals surface area contributed by atoms with E-state index in [9.17, 15) is 14.4 Å². The SMILES string of the molecule is COCCN1C(=O)c2ccccc2[C@@H](C(=O)NCCC(=O)OC)C12CCCC2. The second-order valence-corrected chi connectivity index (χ2v) is 7.40. The zero-order chi connectivity index (χ0) is 20.1. The van der Waals surface area contributed by atoms with Crippen molar-refractivity contribution in [2.75, 3.05) is 33.9 Å². The molecule has 1 heterocycles. The molecule has 1 aromatic carbocycles. The molecule has 0 radical (unpaired) electrons. The maximum absolute atomic E-state index is 13.3. The number of esters is 1. The first kappa shape index (κ1) is 20.3. The van der Waals surface area contributed by atoms with E-state index in [2.05, 4.69) is 10.1 Å². The van der Waals surface area contributed by atoms with Crippen LogP contribution < -0.4 is 5.32 Å². The molecule has 1 saturated carbocycles. The van der Waals surface area contributed by atoms with Gasteiger partial charge in [-0.3, -0.25) is 14.4 Å². The van der Waals surface area contributed by atoms with Crippen LogP contribution in [0.3, 0.4) is 0 Å². The fourth-order valence-electron chi connectivity index (χ4n) is 4.67. The molecule has 0 unspecified atom stereocenters. The highest BCUT2D eigenvalue weighted by Gasteiger charge is 2.55. The van der Waals surface area contributed by atoms with Gasteiger partial charge in [0.05, 0.1) is 31.6 Å². The minimum atomic E-state index is -0.542. The average molecular weight is 388 g/mol. The van der Waals surface area contributed by atoms with Crippen LogP contribution in [-0.2, 0) is 19.1 Å². The largest absolute Gasteiger partial charge is 0.469 e. The Morgan fingerprint density at radius 2 is 1.93 bits per heavy atom. The van der Waals surface area contributed by atoms with Gasteiger partial charge >= 0.3 is 5.97 Å². The highest BCUT2D eigenvalue weighted by molar-refractivity contribution is 6.02. The fourth-order valence-corrected chi connectivity index (χ4v) is 4.67. The molecule has 2 aliphatic rings. The number of hydrogen-bond donors (Lipinski definition) is 1. The quantitative estimate of drug-likeness (QED) is 0.721. The molecule has 1 aromatic rings. The average Bonchev–Trinajstić information content (AvgIpc) is 3.17. The van der Waals surface area contributed by atoms with Crippen molar-refractivity contribution in [3.8, 4) is 0 Å². The van der Waals surface area contributed by atoms with Crippen molar-refractivity contribution in [2.45, 2.75) is 43.6 Å². The normalized spacial score (nSPS) is 20.1. The number of carbonyl (C=O) groups excluding carboxylic acids is 3. The molecule has 1 aliphatic heterocycles. The van der Waals surface area contributed by atoms with Crippen molar-refractivity contribution >= 4 is 17.8 Å². The highest BCUT2D eigenvalue weighted by Crippen LogP contribution is 2.50. The number of ether oxygens (including phenoxy) is 2. The van der Waals surface area contributed by atoms with Crippen molar-refractivity contribution in [1.29, 1.82) is 0 Å². The molecule has 7 nitrogen and oxygen atoms in total. The molecule has 28 heavy (non-hydrogen) atoms. The van der Waals surface area contributed by atoms with Gasteiger partial charge in [0.25, 0.3) is 5.91 Å². The molecule has 1 spiro atoms. The van der Waals surface area contributed by atoms with Gasteiger partial charge in [0.15, 0.2) is 0 Å². The second-order valence-electron chi connectivity index (χ2n) is 7.40. The van der Waals surface area contributed by atoms with E-state index in [1.54, 1.807) is 13.2 Å². The summed E-state index contributed by atoms with van der Waals surface area (Å²) in [6, 6.07) is 7.36. The van der Waals surface area contributed by atoms with Crippen LogP contribution in [0, 0.1) is 0 Å². The minimum Gasteiger partial charge on any atom is -0.469 e. The Morgan fingerprint density at radius 3 is 2.61 bits per heavy atom. The van der Waals surface area contributed by atoms with Gasteiger partial charge in [0.1, 0.15) is 0 Å². The van der Waals surface area contributed by atoms with Crippen LogP contribution in [-0.4, -0.2) is 62.1 Å². The third-order valence-corrected chi connectivity index (χ3v) is 5.93. The van der Waals surface area contributed by atoms with Crippen LogP contribution >= 0.6 is 0 Å². The topological polar surface area (TPSA) is 84.9 Å². The first-order chi connectivity index (χ1) is 13.5. The molecule has 2 amide bonds. The zero-order valence-electron chi connectivity index (χ0n) is 16.5. The number of rotatable bonds is 7. The number of amides is 2. The van der Waals surface area contributed by atoms with E-state index in [4.69, 9.17) is 4.74 Å². The first-order valence-electron chi connectivity index (χ1n) is 9.79. The predicted octanol–water partition coefficient (Wildman–Crippen LogP) is 1.86. The van der Waals surface area contributed by atoms with Gasteiger partial charge in [0, 0.05) is 25.8 Å². The van der Waals surface area contributed by atoms with Gasteiger partial charge in [-0.05, 0) is 24.5 Å². The smallest absolute Gasteiger partial charge is 0.307 e. The summed E-state index contributed by atoms with van der Waals surface area (Å²) in [5.41, 5.74) is 0.808. The van der Waals surface area contributed by atoms with Crippen LogP contribution in [0.25, 0.3) is 0 Å². The Bertz CT molecular complexity index is 742. The lowest BCUT2D eigenvalue weighted by Crippen LogP contribution is -2.61. The molecular weight excluding hydrogens is 360 g/mol.